The number of carbonyl (C=O) groups excluding carboxylic acids is 1. The standard InChI is InChI=1S/C18H19F2N7O4/c1-9(2)23-17(30)31-12-7-26(8-18(12,19)20)14-5-11(24-13-3-4-22-27(13)14)10-6-21-16(29)25-15(10)28/h3-6,9,12H,7-8H2,1-2H3,(H,23,30)(H2,21,25,28,29)/t12-/m0/s1. The molecule has 0 saturated carbocycles. The minimum absolute atomic E-state index is 0.0552. The van der Waals surface area contributed by atoms with E-state index >= 15 is 0 Å². The van der Waals surface area contributed by atoms with Crippen molar-refractivity contribution in [1.29, 1.82) is 0 Å². The molecule has 164 valence electrons. The number of aromatic nitrogens is 5. The van der Waals surface area contributed by atoms with E-state index in [-0.39, 0.29) is 29.7 Å². The molecule has 1 amide bonds. The minimum Gasteiger partial charge on any atom is -0.438 e. The second-order valence-corrected chi connectivity index (χ2v) is 7.42. The predicted molar refractivity (Wildman–Crippen MR) is 105 cm³/mol. The summed E-state index contributed by atoms with van der Waals surface area (Å²) >= 11 is 0. The number of anilines is 1. The van der Waals surface area contributed by atoms with E-state index in [2.05, 4.69) is 25.4 Å². The Morgan fingerprint density at radius 1 is 1.39 bits per heavy atom. The average molecular weight is 435 g/mol. The molecule has 1 saturated heterocycles. The maximum Gasteiger partial charge on any atom is 0.407 e. The van der Waals surface area contributed by atoms with E-state index < -0.39 is 35.9 Å². The van der Waals surface area contributed by atoms with Gasteiger partial charge in [0.05, 0.1) is 30.5 Å². The zero-order chi connectivity index (χ0) is 22.3. The Bertz CT molecular complexity index is 1250. The summed E-state index contributed by atoms with van der Waals surface area (Å²) in [4.78, 5) is 45.4. The van der Waals surface area contributed by atoms with Gasteiger partial charge in [-0.2, -0.15) is 9.61 Å². The number of hydrogen-bond donors (Lipinski definition) is 3. The fraction of sp³-hybridized carbons (Fsp3) is 0.389. The molecule has 11 nitrogen and oxygen atoms in total. The van der Waals surface area contributed by atoms with Crippen LogP contribution in [-0.4, -0.2) is 61.8 Å². The summed E-state index contributed by atoms with van der Waals surface area (Å²) in [5.74, 6) is -3.09. The minimum atomic E-state index is -3.31. The van der Waals surface area contributed by atoms with Gasteiger partial charge in [0.25, 0.3) is 5.56 Å². The first kappa shape index (κ1) is 20.5. The molecule has 1 aliphatic rings. The third-order valence-electron chi connectivity index (χ3n) is 4.67. The van der Waals surface area contributed by atoms with E-state index in [1.807, 2.05) is 0 Å². The van der Waals surface area contributed by atoms with Crippen LogP contribution < -0.4 is 21.5 Å². The fourth-order valence-corrected chi connectivity index (χ4v) is 3.31. The van der Waals surface area contributed by atoms with Gasteiger partial charge in [0.2, 0.25) is 0 Å². The Morgan fingerprint density at radius 3 is 2.87 bits per heavy atom. The van der Waals surface area contributed by atoms with Crippen molar-refractivity contribution in [1.82, 2.24) is 29.9 Å². The lowest BCUT2D eigenvalue weighted by atomic mass is 10.2. The topological polar surface area (TPSA) is 137 Å². The number of halogens is 2. The average Bonchev–Trinajstić information content (AvgIpc) is 3.24. The van der Waals surface area contributed by atoms with Gasteiger partial charge in [-0.25, -0.2) is 23.4 Å². The number of H-pyrrole nitrogens is 2. The van der Waals surface area contributed by atoms with Crippen molar-refractivity contribution >= 4 is 17.6 Å². The van der Waals surface area contributed by atoms with E-state index in [1.165, 1.54) is 27.9 Å². The van der Waals surface area contributed by atoms with Crippen molar-refractivity contribution in [3.63, 3.8) is 0 Å². The van der Waals surface area contributed by atoms with Crippen molar-refractivity contribution in [3.8, 4) is 11.3 Å². The normalized spacial score (nSPS) is 18.0. The Labute approximate surface area is 173 Å². The number of aromatic amines is 2. The number of nitrogens with zero attached hydrogens (tertiary/aromatic N) is 4. The second-order valence-electron chi connectivity index (χ2n) is 7.42. The molecule has 0 aromatic carbocycles. The monoisotopic (exact) mass is 435 g/mol. The van der Waals surface area contributed by atoms with Crippen LogP contribution in [0.1, 0.15) is 13.8 Å². The van der Waals surface area contributed by atoms with Crippen LogP contribution in [0.15, 0.2) is 34.1 Å². The summed E-state index contributed by atoms with van der Waals surface area (Å²) in [6, 6.07) is 2.70. The molecule has 0 spiro atoms. The van der Waals surface area contributed by atoms with Crippen molar-refractivity contribution in [2.24, 2.45) is 0 Å². The first-order valence-corrected chi connectivity index (χ1v) is 9.41. The van der Waals surface area contributed by atoms with Crippen LogP contribution in [0.3, 0.4) is 0 Å². The molecular formula is C18H19F2N7O4. The van der Waals surface area contributed by atoms with Crippen molar-refractivity contribution in [3.05, 3.63) is 45.4 Å². The highest BCUT2D eigenvalue weighted by Crippen LogP contribution is 2.34. The van der Waals surface area contributed by atoms with Crippen LogP contribution in [0.4, 0.5) is 19.4 Å². The third kappa shape index (κ3) is 3.98. The number of rotatable bonds is 4. The highest BCUT2D eigenvalue weighted by atomic mass is 19.3. The van der Waals surface area contributed by atoms with Crippen LogP contribution in [0.5, 0.6) is 0 Å². The number of hydrogen-bond acceptors (Lipinski definition) is 7. The summed E-state index contributed by atoms with van der Waals surface area (Å²) in [5, 5.41) is 6.53. The van der Waals surface area contributed by atoms with Gasteiger partial charge in [-0.05, 0) is 13.8 Å². The summed E-state index contributed by atoms with van der Waals surface area (Å²) in [7, 11) is 0. The largest absolute Gasteiger partial charge is 0.438 e. The third-order valence-corrected chi connectivity index (χ3v) is 4.67. The van der Waals surface area contributed by atoms with E-state index in [0.29, 0.717) is 5.65 Å². The molecule has 0 radical (unpaired) electrons. The van der Waals surface area contributed by atoms with Gasteiger partial charge in [0.15, 0.2) is 11.8 Å². The van der Waals surface area contributed by atoms with Crippen LogP contribution in [0, 0.1) is 0 Å². The molecule has 0 aliphatic carbocycles. The van der Waals surface area contributed by atoms with Gasteiger partial charge in [-0.1, -0.05) is 0 Å². The smallest absolute Gasteiger partial charge is 0.407 e. The molecule has 13 heteroatoms. The van der Waals surface area contributed by atoms with E-state index in [4.69, 9.17) is 4.74 Å². The van der Waals surface area contributed by atoms with E-state index in [0.717, 1.165) is 0 Å². The molecule has 31 heavy (non-hydrogen) atoms. The molecule has 3 aromatic heterocycles. The molecule has 4 rings (SSSR count). The lowest BCUT2D eigenvalue weighted by Crippen LogP contribution is -2.40. The van der Waals surface area contributed by atoms with Crippen molar-refractivity contribution < 1.29 is 18.3 Å². The van der Waals surface area contributed by atoms with Crippen molar-refractivity contribution in [2.45, 2.75) is 31.9 Å². The Hall–Kier alpha value is -3.77. The van der Waals surface area contributed by atoms with Crippen molar-refractivity contribution in [2.75, 3.05) is 18.0 Å². The van der Waals surface area contributed by atoms with Gasteiger partial charge in [0.1, 0.15) is 5.82 Å². The molecule has 1 atom stereocenters. The van der Waals surface area contributed by atoms with E-state index in [9.17, 15) is 23.2 Å². The Morgan fingerprint density at radius 2 is 2.16 bits per heavy atom. The van der Waals surface area contributed by atoms with Gasteiger partial charge in [0, 0.05) is 24.4 Å². The first-order chi connectivity index (χ1) is 14.6. The Kier molecular flexibility index (Phi) is 4.95. The SMILES string of the molecule is CC(C)NC(=O)O[C@H]1CN(c2cc(-c3c[nH]c(=O)[nH]c3=O)nc3ccnn23)CC1(F)F. The maximum absolute atomic E-state index is 14.6. The number of amides is 1. The highest BCUT2D eigenvalue weighted by Gasteiger charge is 2.51. The van der Waals surface area contributed by atoms with Crippen LogP contribution in [-0.2, 0) is 4.74 Å². The number of fused-ring (bicyclic) bond motifs is 1. The fourth-order valence-electron chi connectivity index (χ4n) is 3.31. The van der Waals surface area contributed by atoms with Crippen LogP contribution in [0.25, 0.3) is 16.9 Å². The highest BCUT2D eigenvalue weighted by molar-refractivity contribution is 5.68. The number of ether oxygens (including phenoxy) is 1. The number of alkyl halides is 2. The predicted octanol–water partition coefficient (Wildman–Crippen LogP) is 0.731. The molecule has 3 N–H and O–H groups in total. The molecule has 4 heterocycles. The van der Waals surface area contributed by atoms with Gasteiger partial charge >= 0.3 is 17.7 Å². The maximum atomic E-state index is 14.6. The molecule has 1 fully saturated rings. The molecule has 1 aliphatic heterocycles. The van der Waals surface area contributed by atoms with Gasteiger partial charge in [-0.15, -0.1) is 0 Å². The van der Waals surface area contributed by atoms with Gasteiger partial charge in [-0.3, -0.25) is 9.78 Å². The first-order valence-electron chi connectivity index (χ1n) is 9.41. The summed E-state index contributed by atoms with van der Waals surface area (Å²) in [6.45, 7) is 2.35. The van der Waals surface area contributed by atoms with Crippen LogP contribution in [0.2, 0.25) is 0 Å². The Balaban J connectivity index is 1.71. The molecule has 3 aromatic rings. The zero-order valence-corrected chi connectivity index (χ0v) is 16.6. The summed E-state index contributed by atoms with van der Waals surface area (Å²) < 4.78 is 35.5. The van der Waals surface area contributed by atoms with Gasteiger partial charge < -0.3 is 19.9 Å². The zero-order valence-electron chi connectivity index (χ0n) is 16.6. The number of alkyl carbamates (subject to hydrolysis) is 1. The molecule has 0 bridgehead atoms. The molecule has 0 unspecified atom stereocenters. The van der Waals surface area contributed by atoms with Crippen LogP contribution >= 0.6 is 0 Å². The van der Waals surface area contributed by atoms with E-state index in [1.54, 1.807) is 19.9 Å². The summed E-state index contributed by atoms with van der Waals surface area (Å²) in [6.07, 6.45) is 0.0252. The quantitative estimate of drug-likeness (QED) is 0.549. The number of nitrogens with one attached hydrogen (secondary N) is 3. The lowest BCUT2D eigenvalue weighted by Gasteiger charge is -2.19. The number of carbonyl (C=O) groups is 1. The molecular weight excluding hydrogens is 416 g/mol. The summed E-state index contributed by atoms with van der Waals surface area (Å²) in [5.41, 5.74) is -0.837. The second kappa shape index (κ2) is 7.49. The lowest BCUT2D eigenvalue weighted by molar-refractivity contribution is -0.0765.